The maximum Gasteiger partial charge on any atom is 0.239 e. The topological polar surface area (TPSA) is 125 Å². The normalized spacial score (nSPS) is 11.3. The van der Waals surface area contributed by atoms with Gasteiger partial charge in [0.05, 0.1) is 60.0 Å². The number of aromatic nitrogens is 1. The molecule has 2 heterocycles. The molecule has 0 aliphatic heterocycles. The van der Waals surface area contributed by atoms with Crippen LogP contribution in [0.25, 0.3) is 34.4 Å². The van der Waals surface area contributed by atoms with Gasteiger partial charge in [0.1, 0.15) is 28.2 Å². The highest BCUT2D eigenvalue weighted by atomic mass is 32.1. The number of nitrogens with zero attached hydrogens (tertiary/aromatic N) is 1. The van der Waals surface area contributed by atoms with Gasteiger partial charge in [-0.2, -0.15) is 0 Å². The van der Waals surface area contributed by atoms with Gasteiger partial charge in [-0.15, -0.1) is 11.3 Å². The lowest BCUT2D eigenvalue weighted by Gasteiger charge is -2.17. The summed E-state index contributed by atoms with van der Waals surface area (Å²) in [7, 11) is 7.51. The van der Waals surface area contributed by atoms with Crippen LogP contribution in [-0.2, 0) is 4.79 Å². The number of ether oxygens (including phenoxy) is 7. The highest BCUT2D eigenvalue weighted by Gasteiger charge is 2.24. The average molecular weight is 714 g/mol. The van der Waals surface area contributed by atoms with Crippen LogP contribution in [0, 0.1) is 6.92 Å². The Bertz CT molecular complexity index is 2070. The van der Waals surface area contributed by atoms with Crippen LogP contribution in [0.4, 0.5) is 0 Å². The number of ketones is 1. The number of hydrogen-bond acceptors (Lipinski definition) is 12. The summed E-state index contributed by atoms with van der Waals surface area (Å²) in [6, 6.07) is 14.1. The molecule has 5 rings (SSSR count). The Balaban J connectivity index is 1.26. The Morgan fingerprint density at radius 2 is 1.43 bits per heavy atom. The third-order valence-corrected chi connectivity index (χ3v) is 8.73. The summed E-state index contributed by atoms with van der Waals surface area (Å²) in [5, 5.41) is 0.220. The fourth-order valence-corrected chi connectivity index (χ4v) is 5.86. The number of allylic oxidation sites excluding steroid dienone is 2. The number of aryl methyl sites for hydroxylation is 1. The predicted octanol–water partition coefficient (Wildman–Crippen LogP) is 7.80. The van der Waals surface area contributed by atoms with E-state index in [1.165, 1.54) is 59.0 Å². The van der Waals surface area contributed by atoms with Crippen LogP contribution in [-0.4, -0.2) is 59.5 Å². The van der Waals surface area contributed by atoms with Crippen LogP contribution < -0.4 is 38.6 Å². The average Bonchev–Trinajstić information content (AvgIpc) is 3.58. The Kier molecular flexibility index (Phi) is 12.4. The molecule has 0 saturated heterocycles. The Labute approximate surface area is 299 Å². The second-order valence-electron chi connectivity index (χ2n) is 11.1. The molecular formula is C39H39NO10S. The molecule has 0 aliphatic carbocycles. The molecule has 0 amide bonds. The van der Waals surface area contributed by atoms with E-state index in [0.29, 0.717) is 59.5 Å². The number of unbranched alkanes of at least 4 members (excludes halogenated alkanes) is 1. The third kappa shape index (κ3) is 8.71. The van der Waals surface area contributed by atoms with Gasteiger partial charge in [0.2, 0.25) is 16.9 Å². The minimum Gasteiger partial charge on any atom is -0.496 e. The molecule has 51 heavy (non-hydrogen) atoms. The first-order valence-corrected chi connectivity index (χ1v) is 16.9. The molecule has 0 radical (unpaired) electrons. The maximum atomic E-state index is 14.0. The lowest BCUT2D eigenvalue weighted by molar-refractivity contribution is -0.110. The maximum absolute atomic E-state index is 14.0. The van der Waals surface area contributed by atoms with Gasteiger partial charge in [0, 0.05) is 22.6 Å². The van der Waals surface area contributed by atoms with E-state index < -0.39 is 5.43 Å². The number of thiazole rings is 1. The van der Waals surface area contributed by atoms with Gasteiger partial charge in [-0.1, -0.05) is 18.2 Å². The Hall–Kier alpha value is -5.75. The fraction of sp³-hybridized carbons (Fsp3) is 0.256. The van der Waals surface area contributed by atoms with Crippen LogP contribution in [0.1, 0.15) is 29.0 Å². The van der Waals surface area contributed by atoms with E-state index in [0.717, 1.165) is 16.1 Å². The zero-order valence-electron chi connectivity index (χ0n) is 29.3. The number of benzene rings is 3. The third-order valence-electron chi connectivity index (χ3n) is 7.83. The number of rotatable bonds is 17. The molecular weight excluding hydrogens is 674 g/mol. The first-order chi connectivity index (χ1) is 24.8. The van der Waals surface area contributed by atoms with Crippen molar-refractivity contribution in [1.82, 2.24) is 4.98 Å². The quantitative estimate of drug-likeness (QED) is 0.0692. The van der Waals surface area contributed by atoms with Crippen molar-refractivity contribution in [2.45, 2.75) is 19.8 Å². The summed E-state index contributed by atoms with van der Waals surface area (Å²) in [4.78, 5) is 31.4. The Morgan fingerprint density at radius 3 is 2.04 bits per heavy atom. The molecule has 0 unspecified atom stereocenters. The van der Waals surface area contributed by atoms with Crippen LogP contribution in [0.2, 0.25) is 0 Å². The number of hydrogen-bond donors (Lipinski definition) is 0. The molecule has 266 valence electrons. The zero-order chi connectivity index (χ0) is 36.3. The van der Waals surface area contributed by atoms with Gasteiger partial charge in [0.25, 0.3) is 0 Å². The number of carbonyl (C=O) groups is 1. The SMILES string of the molecule is COc1cc(OC)c2c(=O)c(OCCCCOc3ccc(/C=C/C(=O)/C=C/c4scnc4C)cc3)c(-c3cc(OC)c(OC)c(OC)c3)oc2c1. The van der Waals surface area contributed by atoms with Gasteiger partial charge in [-0.25, -0.2) is 4.98 Å². The molecule has 0 N–H and O–H groups in total. The molecule has 0 atom stereocenters. The molecule has 3 aromatic carbocycles. The number of methoxy groups -OCH3 is 5. The lowest BCUT2D eigenvalue weighted by atomic mass is 10.1. The largest absolute Gasteiger partial charge is 0.496 e. The molecule has 0 bridgehead atoms. The summed E-state index contributed by atoms with van der Waals surface area (Å²) in [5.74, 6) is 2.69. The Morgan fingerprint density at radius 1 is 0.765 bits per heavy atom. The molecule has 0 aliphatic rings. The fourth-order valence-electron chi connectivity index (χ4n) is 5.16. The minimum absolute atomic E-state index is 0.0115. The number of fused-ring (bicyclic) bond motifs is 1. The minimum atomic E-state index is -0.405. The highest BCUT2D eigenvalue weighted by molar-refractivity contribution is 7.10. The molecule has 12 heteroatoms. The molecule has 2 aromatic heterocycles. The first-order valence-electron chi connectivity index (χ1n) is 16.0. The summed E-state index contributed by atoms with van der Waals surface area (Å²) < 4.78 is 45.9. The van der Waals surface area contributed by atoms with Crippen molar-refractivity contribution in [2.24, 2.45) is 0 Å². The van der Waals surface area contributed by atoms with Crippen LogP contribution >= 0.6 is 11.3 Å². The van der Waals surface area contributed by atoms with Crippen molar-refractivity contribution in [2.75, 3.05) is 48.8 Å². The monoisotopic (exact) mass is 713 g/mol. The predicted molar refractivity (Wildman–Crippen MR) is 197 cm³/mol. The van der Waals surface area contributed by atoms with Gasteiger partial charge in [-0.3, -0.25) is 9.59 Å². The summed E-state index contributed by atoms with van der Waals surface area (Å²) in [6.07, 6.45) is 7.84. The molecule has 11 nitrogen and oxygen atoms in total. The molecule has 0 saturated carbocycles. The van der Waals surface area contributed by atoms with Crippen molar-refractivity contribution in [1.29, 1.82) is 0 Å². The van der Waals surface area contributed by atoms with E-state index in [9.17, 15) is 9.59 Å². The van der Waals surface area contributed by atoms with E-state index in [4.69, 9.17) is 37.6 Å². The van der Waals surface area contributed by atoms with Crippen molar-refractivity contribution in [3.63, 3.8) is 0 Å². The van der Waals surface area contributed by atoms with E-state index >= 15 is 0 Å². The van der Waals surface area contributed by atoms with Crippen molar-refractivity contribution >= 4 is 40.2 Å². The standard InChI is InChI=1S/C39H39NO10S/c1-24-34(51-23-40-24)16-13-27(41)12-9-25-10-14-28(15-11-25)48-17-7-8-18-49-39-36(42)35-30(44-3)21-29(43-2)22-31(35)50-37(39)26-19-32(45-4)38(47-6)33(20-26)46-5/h9-16,19-23H,7-8,17-18H2,1-6H3/b12-9+,16-13+. The molecule has 0 fully saturated rings. The van der Waals surface area contributed by atoms with Crippen LogP contribution in [0.5, 0.6) is 40.2 Å². The van der Waals surface area contributed by atoms with E-state index in [1.54, 1.807) is 41.9 Å². The van der Waals surface area contributed by atoms with Crippen molar-refractivity contribution < 1.29 is 42.4 Å². The molecule has 0 spiro atoms. The number of carbonyl (C=O) groups excluding carboxylic acids is 1. The zero-order valence-corrected chi connectivity index (χ0v) is 30.1. The second-order valence-corrected chi connectivity index (χ2v) is 11.9. The van der Waals surface area contributed by atoms with Crippen LogP contribution in [0.15, 0.2) is 75.4 Å². The van der Waals surface area contributed by atoms with E-state index in [-0.39, 0.29) is 34.9 Å². The van der Waals surface area contributed by atoms with Gasteiger partial charge in [0.15, 0.2) is 23.0 Å². The first kappa shape index (κ1) is 36.5. The summed E-state index contributed by atoms with van der Waals surface area (Å²) in [5.41, 5.74) is 3.86. The van der Waals surface area contributed by atoms with Crippen molar-refractivity contribution in [3.8, 4) is 51.6 Å². The second kappa shape index (κ2) is 17.3. The van der Waals surface area contributed by atoms with E-state index in [1.807, 2.05) is 31.2 Å². The summed E-state index contributed by atoms with van der Waals surface area (Å²) >= 11 is 1.49. The van der Waals surface area contributed by atoms with E-state index in [2.05, 4.69) is 4.98 Å². The smallest absolute Gasteiger partial charge is 0.239 e. The van der Waals surface area contributed by atoms with Crippen molar-refractivity contribution in [3.05, 3.63) is 92.6 Å². The molecule has 5 aromatic rings. The van der Waals surface area contributed by atoms with Crippen LogP contribution in [0.3, 0.4) is 0 Å². The highest BCUT2D eigenvalue weighted by Crippen LogP contribution is 2.44. The van der Waals surface area contributed by atoms with Gasteiger partial charge >= 0.3 is 0 Å². The summed E-state index contributed by atoms with van der Waals surface area (Å²) in [6.45, 7) is 2.55. The van der Waals surface area contributed by atoms with Gasteiger partial charge < -0.3 is 37.6 Å². The lowest BCUT2D eigenvalue weighted by Crippen LogP contribution is -2.13. The van der Waals surface area contributed by atoms with Gasteiger partial charge in [-0.05, 0) is 67.8 Å².